The molecule has 0 aromatic carbocycles. The topological polar surface area (TPSA) is 102 Å². The van der Waals surface area contributed by atoms with Crippen LogP contribution in [0.3, 0.4) is 0 Å². The van der Waals surface area contributed by atoms with Crippen LogP contribution >= 0.6 is 0 Å². The standard InChI is InChI=1S/C39H69NO7/c1-6-8-10-12-14-16-18-20-21-23-25-27-29-37(41)46-34-35(33-45-32-31-36(39(43)44)40(3,4)5)47-38(42)30-28-26-24-22-19-17-15-13-11-9-7-2/h8,10,13-16,35-36H,6-7,9,11-12,17-34H2,1-5H3/b10-8+,15-13+,16-14+. The van der Waals surface area contributed by atoms with Crippen molar-refractivity contribution in [2.75, 3.05) is 41.0 Å². The van der Waals surface area contributed by atoms with Crippen LogP contribution < -0.4 is 5.11 Å². The van der Waals surface area contributed by atoms with E-state index in [9.17, 15) is 19.5 Å². The van der Waals surface area contributed by atoms with Crippen LogP contribution in [-0.2, 0) is 28.6 Å². The Morgan fingerprint density at radius 3 is 1.77 bits per heavy atom. The van der Waals surface area contributed by atoms with E-state index in [2.05, 4.69) is 50.3 Å². The maximum Gasteiger partial charge on any atom is 0.306 e. The number of unbranched alkanes of at least 4 members (excludes halogenated alkanes) is 12. The number of allylic oxidation sites excluding steroid dienone is 6. The van der Waals surface area contributed by atoms with Crippen molar-refractivity contribution in [3.8, 4) is 0 Å². The maximum atomic E-state index is 12.6. The van der Waals surface area contributed by atoms with Crippen LogP contribution in [0.1, 0.15) is 142 Å². The molecule has 0 rings (SSSR count). The number of carboxylic acids is 1. The minimum atomic E-state index is -1.13. The van der Waals surface area contributed by atoms with Gasteiger partial charge >= 0.3 is 11.9 Å². The predicted molar refractivity (Wildman–Crippen MR) is 190 cm³/mol. The number of carboxylic acid groups (broad SMARTS) is 1. The second-order valence-corrected chi connectivity index (χ2v) is 13.4. The zero-order valence-electron chi connectivity index (χ0n) is 30.7. The van der Waals surface area contributed by atoms with Gasteiger partial charge in [0.05, 0.1) is 40.3 Å². The molecule has 0 aromatic heterocycles. The molecule has 47 heavy (non-hydrogen) atoms. The first kappa shape index (κ1) is 44.5. The van der Waals surface area contributed by atoms with Crippen molar-refractivity contribution in [3.05, 3.63) is 36.5 Å². The Kier molecular flexibility index (Phi) is 29.2. The molecule has 0 radical (unpaired) electrons. The second-order valence-electron chi connectivity index (χ2n) is 13.4. The quantitative estimate of drug-likeness (QED) is 0.0313. The maximum absolute atomic E-state index is 12.6. The van der Waals surface area contributed by atoms with E-state index in [4.69, 9.17) is 14.2 Å². The highest BCUT2D eigenvalue weighted by molar-refractivity contribution is 5.70. The first-order valence-corrected chi connectivity index (χ1v) is 18.5. The molecule has 0 heterocycles. The predicted octanol–water partition coefficient (Wildman–Crippen LogP) is 7.79. The summed E-state index contributed by atoms with van der Waals surface area (Å²) >= 11 is 0. The first-order chi connectivity index (χ1) is 22.6. The van der Waals surface area contributed by atoms with Crippen molar-refractivity contribution in [3.63, 3.8) is 0 Å². The lowest BCUT2D eigenvalue weighted by molar-refractivity contribution is -0.889. The van der Waals surface area contributed by atoms with Gasteiger partial charge in [0.15, 0.2) is 6.10 Å². The third-order valence-electron chi connectivity index (χ3n) is 8.01. The van der Waals surface area contributed by atoms with Gasteiger partial charge in [-0.3, -0.25) is 9.59 Å². The van der Waals surface area contributed by atoms with Crippen molar-refractivity contribution in [2.45, 2.75) is 154 Å². The van der Waals surface area contributed by atoms with Gasteiger partial charge in [-0.1, -0.05) is 102 Å². The van der Waals surface area contributed by atoms with Crippen molar-refractivity contribution in [1.29, 1.82) is 0 Å². The summed E-state index contributed by atoms with van der Waals surface area (Å²) in [7, 11) is 5.38. The summed E-state index contributed by atoms with van der Waals surface area (Å²) in [5.41, 5.74) is 0. The van der Waals surface area contributed by atoms with E-state index in [0.29, 0.717) is 12.8 Å². The summed E-state index contributed by atoms with van der Waals surface area (Å²) in [4.78, 5) is 36.6. The van der Waals surface area contributed by atoms with E-state index in [0.717, 1.165) is 89.9 Å². The lowest BCUT2D eigenvalue weighted by Gasteiger charge is -2.34. The minimum absolute atomic E-state index is 0.0328. The van der Waals surface area contributed by atoms with Crippen LogP contribution in [0.15, 0.2) is 36.5 Å². The van der Waals surface area contributed by atoms with Crippen molar-refractivity contribution in [2.24, 2.45) is 0 Å². The Labute approximate surface area is 287 Å². The number of rotatable bonds is 32. The molecular formula is C39H69NO7. The molecule has 0 aliphatic heterocycles. The normalized spacial score (nSPS) is 13.5. The summed E-state index contributed by atoms with van der Waals surface area (Å²) in [6, 6.07) is -0.727. The van der Waals surface area contributed by atoms with Crippen molar-refractivity contribution < 1.29 is 38.2 Å². The summed E-state index contributed by atoms with van der Waals surface area (Å²) in [5.74, 6) is -1.77. The fourth-order valence-electron chi connectivity index (χ4n) is 5.09. The van der Waals surface area contributed by atoms with Crippen LogP contribution in [0.4, 0.5) is 0 Å². The lowest BCUT2D eigenvalue weighted by atomic mass is 10.1. The molecule has 272 valence electrons. The third-order valence-corrected chi connectivity index (χ3v) is 8.01. The van der Waals surface area contributed by atoms with E-state index in [-0.39, 0.29) is 42.7 Å². The molecule has 0 saturated carbocycles. The van der Waals surface area contributed by atoms with Crippen LogP contribution in [0, 0.1) is 0 Å². The van der Waals surface area contributed by atoms with Gasteiger partial charge in [0, 0.05) is 19.3 Å². The number of carbonyl (C=O) groups excluding carboxylic acids is 3. The highest BCUT2D eigenvalue weighted by atomic mass is 16.6. The molecule has 0 spiro atoms. The van der Waals surface area contributed by atoms with Gasteiger partial charge in [-0.2, -0.15) is 0 Å². The number of carbonyl (C=O) groups is 3. The molecule has 0 aromatic rings. The summed E-state index contributed by atoms with van der Waals surface area (Å²) < 4.78 is 17.0. The molecule has 2 atom stereocenters. The molecule has 0 saturated heterocycles. The molecule has 8 nitrogen and oxygen atoms in total. The molecule has 0 aliphatic rings. The smallest absolute Gasteiger partial charge is 0.306 e. The van der Waals surface area contributed by atoms with Gasteiger partial charge in [0.2, 0.25) is 0 Å². The van der Waals surface area contributed by atoms with Crippen molar-refractivity contribution in [1.82, 2.24) is 0 Å². The number of likely N-dealkylation sites (N-methyl/N-ethyl adjacent to an activating group) is 1. The molecule has 0 aliphatic carbocycles. The Bertz CT molecular complexity index is 875. The second kappa shape index (κ2) is 30.9. The van der Waals surface area contributed by atoms with Gasteiger partial charge < -0.3 is 28.6 Å². The Morgan fingerprint density at radius 2 is 1.19 bits per heavy atom. The number of ether oxygens (including phenoxy) is 3. The van der Waals surface area contributed by atoms with Gasteiger partial charge in [-0.15, -0.1) is 0 Å². The largest absolute Gasteiger partial charge is 0.544 e. The molecular weight excluding hydrogens is 594 g/mol. The monoisotopic (exact) mass is 664 g/mol. The van der Waals surface area contributed by atoms with Crippen LogP contribution in [0.25, 0.3) is 0 Å². The van der Waals surface area contributed by atoms with Crippen LogP contribution in [-0.4, -0.2) is 75.5 Å². The summed E-state index contributed by atoms with van der Waals surface area (Å²) in [6.45, 7) is 4.46. The number of quaternary nitrogens is 1. The summed E-state index contributed by atoms with van der Waals surface area (Å²) in [5, 5.41) is 11.6. The Hall–Kier alpha value is -2.45. The number of hydrogen-bond donors (Lipinski definition) is 0. The molecule has 2 unspecified atom stereocenters. The fourth-order valence-corrected chi connectivity index (χ4v) is 5.09. The lowest BCUT2D eigenvalue weighted by Crippen LogP contribution is -2.55. The highest BCUT2D eigenvalue weighted by Gasteiger charge is 2.25. The van der Waals surface area contributed by atoms with Gasteiger partial charge in [-0.25, -0.2) is 0 Å². The molecule has 0 fully saturated rings. The number of aliphatic carboxylic acids is 1. The first-order valence-electron chi connectivity index (χ1n) is 18.5. The fraction of sp³-hybridized carbons (Fsp3) is 0.769. The van der Waals surface area contributed by atoms with Gasteiger partial charge in [0.1, 0.15) is 12.6 Å². The van der Waals surface area contributed by atoms with Gasteiger partial charge in [0.25, 0.3) is 0 Å². The van der Waals surface area contributed by atoms with Gasteiger partial charge in [-0.05, 0) is 57.8 Å². The van der Waals surface area contributed by atoms with E-state index in [1.807, 2.05) is 0 Å². The van der Waals surface area contributed by atoms with E-state index in [1.54, 1.807) is 21.1 Å². The zero-order chi connectivity index (χ0) is 35.0. The van der Waals surface area contributed by atoms with Crippen LogP contribution in [0.5, 0.6) is 0 Å². The molecule has 8 heteroatoms. The summed E-state index contributed by atoms with van der Waals surface area (Å²) in [6.07, 6.45) is 31.7. The van der Waals surface area contributed by atoms with E-state index >= 15 is 0 Å². The number of esters is 2. The number of hydrogen-bond acceptors (Lipinski definition) is 7. The van der Waals surface area contributed by atoms with E-state index in [1.165, 1.54) is 19.3 Å². The van der Waals surface area contributed by atoms with Crippen LogP contribution in [0.2, 0.25) is 0 Å². The van der Waals surface area contributed by atoms with E-state index < -0.39 is 18.1 Å². The SMILES string of the molecule is CC/C=C/C/C=C/CCCCCCCC(=O)OCC(COCCC(C(=O)[O-])[N+](C)(C)C)OC(=O)CCCCCCC/C=C/CCCC. The Balaban J connectivity index is 4.47. The molecule has 0 N–H and O–H groups in total. The van der Waals surface area contributed by atoms with Crippen molar-refractivity contribution >= 4 is 17.9 Å². The third kappa shape index (κ3) is 29.4. The highest BCUT2D eigenvalue weighted by Crippen LogP contribution is 2.12. The Morgan fingerprint density at radius 1 is 0.660 bits per heavy atom. The zero-order valence-corrected chi connectivity index (χ0v) is 30.7. The minimum Gasteiger partial charge on any atom is -0.544 e. The number of nitrogens with zero attached hydrogens (tertiary/aromatic N) is 1. The molecule has 0 amide bonds. The molecule has 0 bridgehead atoms. The average molecular weight is 664 g/mol. The average Bonchev–Trinajstić information content (AvgIpc) is 3.01.